The maximum atomic E-state index is 13.0. The molecule has 1 N–H and O–H groups in total. The molecule has 1 saturated heterocycles. The molecule has 0 aliphatic carbocycles. The molecule has 0 aromatic heterocycles. The molecule has 2 heterocycles. The molecule has 2 aromatic carbocycles. The summed E-state index contributed by atoms with van der Waals surface area (Å²) in [7, 11) is 0. The molecule has 2 aliphatic rings. The Labute approximate surface area is 176 Å². The molecule has 0 spiro atoms. The maximum absolute atomic E-state index is 13.0. The highest BCUT2D eigenvalue weighted by atomic mass is 16.5. The molecule has 0 radical (unpaired) electrons. The van der Waals surface area contributed by atoms with Crippen LogP contribution in [0.3, 0.4) is 0 Å². The summed E-state index contributed by atoms with van der Waals surface area (Å²) in [6.45, 7) is 0.398. The molecule has 31 heavy (non-hydrogen) atoms. The number of imide groups is 2. The Bertz CT molecular complexity index is 1140. The molecule has 2 aromatic rings. The van der Waals surface area contributed by atoms with Crippen LogP contribution in [0.2, 0.25) is 0 Å². The SMILES string of the molecule is [N-]=[N+]=NCc1ccc(COc2cccc3c2C(=O)N(C2CCC(=O)NC2=O)C3=O)cc1. The minimum absolute atomic E-state index is 0.0584. The average Bonchev–Trinajstić information content (AvgIpc) is 3.02. The second kappa shape index (κ2) is 8.29. The molecule has 10 heteroatoms. The number of hydrogen-bond acceptors (Lipinski definition) is 6. The van der Waals surface area contributed by atoms with E-state index in [1.165, 1.54) is 6.07 Å². The van der Waals surface area contributed by atoms with Gasteiger partial charge in [0.2, 0.25) is 11.8 Å². The lowest BCUT2D eigenvalue weighted by Gasteiger charge is -2.27. The number of carbonyl (C=O) groups is 4. The van der Waals surface area contributed by atoms with Crippen LogP contribution in [0.1, 0.15) is 44.7 Å². The van der Waals surface area contributed by atoms with Crippen molar-refractivity contribution in [3.8, 4) is 5.75 Å². The van der Waals surface area contributed by atoms with E-state index in [1.54, 1.807) is 12.1 Å². The van der Waals surface area contributed by atoms with Gasteiger partial charge in [0.05, 0.1) is 17.7 Å². The van der Waals surface area contributed by atoms with Gasteiger partial charge >= 0.3 is 0 Å². The third kappa shape index (κ3) is 3.84. The number of benzene rings is 2. The first-order chi connectivity index (χ1) is 15.0. The molecular weight excluding hydrogens is 402 g/mol. The summed E-state index contributed by atoms with van der Waals surface area (Å²) in [5, 5.41) is 5.67. The number of azide groups is 1. The minimum Gasteiger partial charge on any atom is -0.488 e. The molecule has 1 atom stereocenters. The van der Waals surface area contributed by atoms with Gasteiger partial charge in [0.25, 0.3) is 11.8 Å². The zero-order valence-corrected chi connectivity index (χ0v) is 16.3. The Kier molecular flexibility index (Phi) is 5.38. The van der Waals surface area contributed by atoms with E-state index in [0.29, 0.717) is 0 Å². The number of amides is 4. The lowest BCUT2D eigenvalue weighted by molar-refractivity contribution is -0.136. The van der Waals surface area contributed by atoms with Gasteiger partial charge < -0.3 is 4.74 Å². The fourth-order valence-corrected chi connectivity index (χ4v) is 3.62. The van der Waals surface area contributed by atoms with Crippen LogP contribution in [0.5, 0.6) is 5.75 Å². The van der Waals surface area contributed by atoms with E-state index >= 15 is 0 Å². The van der Waals surface area contributed by atoms with Crippen LogP contribution < -0.4 is 10.1 Å². The van der Waals surface area contributed by atoms with Gasteiger partial charge in [0.15, 0.2) is 0 Å². The van der Waals surface area contributed by atoms with Gasteiger partial charge in [-0.25, -0.2) is 0 Å². The summed E-state index contributed by atoms with van der Waals surface area (Å²) in [6.07, 6.45) is 0.150. The van der Waals surface area contributed by atoms with Crippen molar-refractivity contribution in [2.75, 3.05) is 0 Å². The topological polar surface area (TPSA) is 142 Å². The first kappa shape index (κ1) is 20.1. The fourth-order valence-electron chi connectivity index (χ4n) is 3.62. The molecule has 156 valence electrons. The van der Waals surface area contributed by atoms with Crippen LogP contribution in [0.4, 0.5) is 0 Å². The zero-order chi connectivity index (χ0) is 22.0. The molecule has 1 fully saturated rings. The van der Waals surface area contributed by atoms with Crippen molar-refractivity contribution in [2.24, 2.45) is 5.11 Å². The Balaban J connectivity index is 1.53. The summed E-state index contributed by atoms with van der Waals surface area (Å²) in [6, 6.07) is 10.9. The lowest BCUT2D eigenvalue weighted by atomic mass is 10.0. The van der Waals surface area contributed by atoms with Crippen molar-refractivity contribution in [2.45, 2.75) is 32.0 Å². The van der Waals surface area contributed by atoms with E-state index in [-0.39, 0.29) is 42.9 Å². The van der Waals surface area contributed by atoms with Crippen LogP contribution in [-0.4, -0.2) is 34.6 Å². The minimum atomic E-state index is -1.03. The van der Waals surface area contributed by atoms with Crippen LogP contribution >= 0.6 is 0 Å². The van der Waals surface area contributed by atoms with Gasteiger partial charge in [-0.15, -0.1) is 0 Å². The van der Waals surface area contributed by atoms with E-state index in [4.69, 9.17) is 10.3 Å². The van der Waals surface area contributed by atoms with Gasteiger partial charge in [0.1, 0.15) is 18.4 Å². The maximum Gasteiger partial charge on any atom is 0.266 e. The largest absolute Gasteiger partial charge is 0.488 e. The smallest absolute Gasteiger partial charge is 0.266 e. The highest BCUT2D eigenvalue weighted by molar-refractivity contribution is 6.24. The van der Waals surface area contributed by atoms with Gasteiger partial charge in [-0.2, -0.15) is 0 Å². The Morgan fingerprint density at radius 2 is 1.81 bits per heavy atom. The van der Waals surface area contributed by atoms with E-state index in [9.17, 15) is 19.2 Å². The van der Waals surface area contributed by atoms with Crippen LogP contribution in [-0.2, 0) is 22.7 Å². The monoisotopic (exact) mass is 419 g/mol. The number of nitrogens with one attached hydrogen (secondary N) is 1. The predicted molar refractivity (Wildman–Crippen MR) is 107 cm³/mol. The second-order valence-corrected chi connectivity index (χ2v) is 7.12. The molecule has 10 nitrogen and oxygen atoms in total. The van der Waals surface area contributed by atoms with E-state index in [2.05, 4.69) is 15.3 Å². The van der Waals surface area contributed by atoms with E-state index in [0.717, 1.165) is 16.0 Å². The van der Waals surface area contributed by atoms with Gasteiger partial charge in [0, 0.05) is 11.3 Å². The first-order valence-corrected chi connectivity index (χ1v) is 9.55. The van der Waals surface area contributed by atoms with Gasteiger partial charge in [-0.3, -0.25) is 29.4 Å². The summed E-state index contributed by atoms with van der Waals surface area (Å²) < 4.78 is 5.82. The van der Waals surface area contributed by atoms with Crippen LogP contribution in [0, 0.1) is 0 Å². The Morgan fingerprint density at radius 1 is 1.06 bits per heavy atom. The highest BCUT2D eigenvalue weighted by Gasteiger charge is 2.45. The fraction of sp³-hybridized carbons (Fsp3) is 0.238. The van der Waals surface area contributed by atoms with Crippen molar-refractivity contribution in [3.63, 3.8) is 0 Å². The zero-order valence-electron chi connectivity index (χ0n) is 16.3. The van der Waals surface area contributed by atoms with Crippen LogP contribution in [0.25, 0.3) is 10.4 Å². The third-order valence-electron chi connectivity index (χ3n) is 5.16. The standard InChI is InChI=1S/C21H17N5O5/c22-25-23-10-12-4-6-13(7-5-12)11-31-16-3-1-2-14-18(16)21(30)26(20(14)29)15-8-9-17(27)24-19(15)28/h1-7,15H,8-11H2,(H,24,27,28). The molecule has 4 rings (SSSR count). The van der Waals surface area contributed by atoms with Crippen molar-refractivity contribution in [1.29, 1.82) is 0 Å². The number of rotatable bonds is 6. The van der Waals surface area contributed by atoms with Gasteiger partial charge in [-0.05, 0) is 35.2 Å². The lowest BCUT2D eigenvalue weighted by Crippen LogP contribution is -2.54. The number of carbonyl (C=O) groups excluding carboxylic acids is 4. The van der Waals surface area contributed by atoms with Crippen LogP contribution in [0.15, 0.2) is 47.6 Å². The highest BCUT2D eigenvalue weighted by Crippen LogP contribution is 2.34. The molecule has 2 aliphatic heterocycles. The molecule has 1 unspecified atom stereocenters. The Morgan fingerprint density at radius 3 is 2.52 bits per heavy atom. The van der Waals surface area contributed by atoms with Crippen molar-refractivity contribution in [1.82, 2.24) is 10.2 Å². The van der Waals surface area contributed by atoms with E-state index < -0.39 is 29.7 Å². The predicted octanol–water partition coefficient (Wildman–Crippen LogP) is 2.48. The molecule has 0 saturated carbocycles. The number of fused-ring (bicyclic) bond motifs is 1. The summed E-state index contributed by atoms with van der Waals surface area (Å²) in [4.78, 5) is 53.1. The van der Waals surface area contributed by atoms with Crippen molar-refractivity contribution in [3.05, 3.63) is 75.2 Å². The number of ether oxygens (including phenoxy) is 1. The second-order valence-electron chi connectivity index (χ2n) is 7.12. The average molecular weight is 419 g/mol. The van der Waals surface area contributed by atoms with Crippen molar-refractivity contribution >= 4 is 23.6 Å². The summed E-state index contributed by atoms with van der Waals surface area (Å²) in [5.74, 6) is -2.04. The number of piperidine rings is 1. The first-order valence-electron chi connectivity index (χ1n) is 9.55. The Hall–Kier alpha value is -4.17. The number of hydrogen-bond donors (Lipinski definition) is 1. The van der Waals surface area contributed by atoms with E-state index in [1.807, 2.05) is 24.3 Å². The third-order valence-corrected chi connectivity index (χ3v) is 5.16. The number of nitrogens with zero attached hydrogens (tertiary/aromatic N) is 4. The normalized spacial score (nSPS) is 17.8. The quantitative estimate of drug-likeness (QED) is 0.331. The molecule has 0 bridgehead atoms. The van der Waals surface area contributed by atoms with Gasteiger partial charge in [-0.1, -0.05) is 35.4 Å². The summed E-state index contributed by atoms with van der Waals surface area (Å²) >= 11 is 0. The summed E-state index contributed by atoms with van der Waals surface area (Å²) in [5.41, 5.74) is 10.3. The van der Waals surface area contributed by atoms with Crippen molar-refractivity contribution < 1.29 is 23.9 Å². The molecule has 4 amide bonds. The molecular formula is C21H17N5O5.